The van der Waals surface area contributed by atoms with E-state index in [1.54, 1.807) is 12.1 Å². The Labute approximate surface area is 139 Å². The minimum atomic E-state index is -3.86. The van der Waals surface area contributed by atoms with E-state index in [0.29, 0.717) is 0 Å². The van der Waals surface area contributed by atoms with Crippen LogP contribution in [0.4, 0.5) is 0 Å². The van der Waals surface area contributed by atoms with Crippen molar-refractivity contribution in [2.45, 2.75) is 24.5 Å². The zero-order valence-electron chi connectivity index (χ0n) is 13.0. The van der Waals surface area contributed by atoms with Gasteiger partial charge >= 0.3 is 0 Å². The molecule has 0 amide bonds. The number of nitrogens with one attached hydrogen (secondary N) is 1. The van der Waals surface area contributed by atoms with Crippen LogP contribution < -0.4 is 10.3 Å². The molecule has 1 aromatic heterocycles. The molecule has 24 heavy (non-hydrogen) atoms. The molecule has 1 atom stereocenters. The number of aliphatic hydroxyl groups excluding tert-OH is 1. The van der Waals surface area contributed by atoms with E-state index in [4.69, 9.17) is 0 Å². The monoisotopic (exact) mass is 350 g/mol. The van der Waals surface area contributed by atoms with Gasteiger partial charge in [-0.3, -0.25) is 9.59 Å². The maximum Gasteiger partial charge on any atom is 0.250 e. The minimum Gasteiger partial charge on any atom is -0.390 e. The first-order valence-electron chi connectivity index (χ1n) is 7.24. The van der Waals surface area contributed by atoms with E-state index in [-0.39, 0.29) is 34.9 Å². The second-order valence-corrected chi connectivity index (χ2v) is 7.05. The third-order valence-corrected chi connectivity index (χ3v) is 4.79. The number of ketones is 1. The number of carbonyl (C=O) groups excluding carboxylic acids is 1. The van der Waals surface area contributed by atoms with Crippen molar-refractivity contribution in [3.05, 3.63) is 64.6 Å². The molecule has 0 radical (unpaired) electrons. The number of Topliss-reactive ketones (excluding diaryl/α,β-unsaturated/α-hetero) is 1. The van der Waals surface area contributed by atoms with E-state index in [0.717, 1.165) is 0 Å². The Morgan fingerprint density at radius 3 is 2.67 bits per heavy atom. The number of pyridine rings is 1. The van der Waals surface area contributed by atoms with Gasteiger partial charge in [-0.25, -0.2) is 13.1 Å². The molecule has 0 saturated carbocycles. The van der Waals surface area contributed by atoms with Crippen molar-refractivity contribution < 1.29 is 18.3 Å². The van der Waals surface area contributed by atoms with Crippen molar-refractivity contribution in [3.8, 4) is 0 Å². The summed E-state index contributed by atoms with van der Waals surface area (Å²) in [7, 11) is -3.86. The van der Waals surface area contributed by atoms with Gasteiger partial charge in [0.15, 0.2) is 5.78 Å². The number of sulfonamides is 1. The topological polar surface area (TPSA) is 105 Å². The van der Waals surface area contributed by atoms with Crippen molar-refractivity contribution in [1.29, 1.82) is 0 Å². The van der Waals surface area contributed by atoms with E-state index in [1.807, 2.05) is 0 Å². The fourth-order valence-electron chi connectivity index (χ4n) is 2.07. The van der Waals surface area contributed by atoms with Gasteiger partial charge in [0.25, 0.3) is 5.56 Å². The van der Waals surface area contributed by atoms with Crippen LogP contribution in [0.5, 0.6) is 0 Å². The molecule has 0 saturated heterocycles. The van der Waals surface area contributed by atoms with Gasteiger partial charge in [-0.15, -0.1) is 0 Å². The summed E-state index contributed by atoms with van der Waals surface area (Å²) in [5, 5.41) is 9.94. The lowest BCUT2D eigenvalue weighted by Gasteiger charge is -2.14. The summed E-state index contributed by atoms with van der Waals surface area (Å²) in [6.07, 6.45) is 0.437. The van der Waals surface area contributed by atoms with Gasteiger partial charge in [0.1, 0.15) is 0 Å². The molecule has 1 unspecified atom stereocenters. The van der Waals surface area contributed by atoms with Crippen molar-refractivity contribution >= 4 is 15.8 Å². The van der Waals surface area contributed by atoms with Crippen LogP contribution in [0.25, 0.3) is 0 Å². The Balaban J connectivity index is 2.05. The van der Waals surface area contributed by atoms with Crippen LogP contribution in [0.1, 0.15) is 17.3 Å². The minimum absolute atomic E-state index is 0.0321. The summed E-state index contributed by atoms with van der Waals surface area (Å²) in [5.74, 6) is -0.240. The summed E-state index contributed by atoms with van der Waals surface area (Å²) >= 11 is 0. The molecule has 8 heteroatoms. The highest BCUT2D eigenvalue weighted by molar-refractivity contribution is 7.89. The maximum atomic E-state index is 12.2. The molecular weight excluding hydrogens is 332 g/mol. The second kappa shape index (κ2) is 7.52. The zero-order chi connectivity index (χ0) is 17.7. The molecule has 1 aromatic carbocycles. The molecule has 1 heterocycles. The van der Waals surface area contributed by atoms with Gasteiger partial charge in [-0.05, 0) is 25.1 Å². The predicted molar refractivity (Wildman–Crippen MR) is 88.3 cm³/mol. The molecule has 0 aliphatic heterocycles. The van der Waals surface area contributed by atoms with Gasteiger partial charge in [0.2, 0.25) is 10.0 Å². The Hall–Kier alpha value is -2.29. The molecule has 0 aliphatic rings. The van der Waals surface area contributed by atoms with Crippen LogP contribution in [0.2, 0.25) is 0 Å². The number of rotatable bonds is 7. The van der Waals surface area contributed by atoms with Gasteiger partial charge in [0, 0.05) is 24.4 Å². The molecule has 0 fully saturated rings. The van der Waals surface area contributed by atoms with Crippen LogP contribution in [-0.2, 0) is 16.6 Å². The highest BCUT2D eigenvalue weighted by atomic mass is 32.2. The first-order chi connectivity index (χ1) is 11.3. The van der Waals surface area contributed by atoms with E-state index < -0.39 is 16.1 Å². The van der Waals surface area contributed by atoms with Crippen molar-refractivity contribution in [2.24, 2.45) is 0 Å². The van der Waals surface area contributed by atoms with E-state index in [9.17, 15) is 23.1 Å². The van der Waals surface area contributed by atoms with E-state index >= 15 is 0 Å². The number of aromatic nitrogens is 1. The molecule has 2 rings (SSSR count). The Bertz CT molecular complexity index is 889. The first-order valence-corrected chi connectivity index (χ1v) is 8.72. The van der Waals surface area contributed by atoms with Gasteiger partial charge in [-0.2, -0.15) is 0 Å². The third-order valence-electron chi connectivity index (χ3n) is 3.37. The summed E-state index contributed by atoms with van der Waals surface area (Å²) in [6.45, 7) is 1.06. The first kappa shape index (κ1) is 18.1. The quantitative estimate of drug-likeness (QED) is 0.703. The maximum absolute atomic E-state index is 12.2. The highest BCUT2D eigenvalue weighted by Crippen LogP contribution is 2.12. The number of nitrogens with zero attached hydrogens (tertiary/aromatic N) is 1. The summed E-state index contributed by atoms with van der Waals surface area (Å²) < 4.78 is 28.0. The largest absolute Gasteiger partial charge is 0.390 e. The molecule has 0 spiro atoms. The zero-order valence-corrected chi connectivity index (χ0v) is 13.9. The van der Waals surface area contributed by atoms with Crippen molar-refractivity contribution in [2.75, 3.05) is 6.54 Å². The Morgan fingerprint density at radius 2 is 2.00 bits per heavy atom. The predicted octanol–water partition coefficient (Wildman–Crippen LogP) is 0.390. The van der Waals surface area contributed by atoms with Crippen LogP contribution in [0, 0.1) is 0 Å². The molecule has 7 nitrogen and oxygen atoms in total. The van der Waals surface area contributed by atoms with Gasteiger partial charge < -0.3 is 9.67 Å². The summed E-state index contributed by atoms with van der Waals surface area (Å²) in [6, 6.07) is 10.2. The average molecular weight is 350 g/mol. The molecule has 2 N–H and O–H groups in total. The lowest BCUT2D eigenvalue weighted by molar-refractivity contribution is 0.101. The lowest BCUT2D eigenvalue weighted by Crippen LogP contribution is -2.36. The number of benzene rings is 1. The number of aliphatic hydroxyl groups is 1. The van der Waals surface area contributed by atoms with Crippen LogP contribution in [0.15, 0.2) is 58.4 Å². The van der Waals surface area contributed by atoms with Gasteiger partial charge in [0.05, 0.1) is 17.5 Å². The van der Waals surface area contributed by atoms with Gasteiger partial charge in [-0.1, -0.05) is 18.2 Å². The summed E-state index contributed by atoms with van der Waals surface area (Å²) in [5.41, 5.74) is 0.00262. The molecule has 0 bridgehead atoms. The third kappa shape index (κ3) is 4.60. The lowest BCUT2D eigenvalue weighted by atomic mass is 10.2. The van der Waals surface area contributed by atoms with Crippen LogP contribution in [-0.4, -0.2) is 36.5 Å². The van der Waals surface area contributed by atoms with E-state index in [2.05, 4.69) is 4.72 Å². The Kier molecular flexibility index (Phi) is 5.66. The highest BCUT2D eigenvalue weighted by Gasteiger charge is 2.17. The number of carbonyl (C=O) groups is 1. The smallest absolute Gasteiger partial charge is 0.250 e. The van der Waals surface area contributed by atoms with E-state index in [1.165, 1.54) is 48.0 Å². The SMILES string of the molecule is CC(=O)c1cccc(S(=O)(=O)NCC(O)Cn2ccccc2=O)c1. The normalized spacial score (nSPS) is 12.8. The fourth-order valence-corrected chi connectivity index (χ4v) is 3.19. The fraction of sp³-hybridized carbons (Fsp3) is 0.250. The van der Waals surface area contributed by atoms with Crippen molar-refractivity contribution in [1.82, 2.24) is 9.29 Å². The van der Waals surface area contributed by atoms with Crippen LogP contribution in [0.3, 0.4) is 0 Å². The van der Waals surface area contributed by atoms with Crippen molar-refractivity contribution in [3.63, 3.8) is 0 Å². The number of hydrogen-bond donors (Lipinski definition) is 2. The number of hydrogen-bond acceptors (Lipinski definition) is 5. The standard InChI is InChI=1S/C16H18N2O5S/c1-12(19)13-5-4-6-15(9-13)24(22,23)17-10-14(20)11-18-8-3-2-7-16(18)21/h2-9,14,17,20H,10-11H2,1H3. The molecule has 2 aromatic rings. The van der Waals surface area contributed by atoms with Crippen LogP contribution >= 0.6 is 0 Å². The molecule has 0 aliphatic carbocycles. The second-order valence-electron chi connectivity index (χ2n) is 5.28. The average Bonchev–Trinajstić information content (AvgIpc) is 2.55. The summed E-state index contributed by atoms with van der Waals surface area (Å²) in [4.78, 5) is 22.8. The molecular formula is C16H18N2O5S. The molecule has 128 valence electrons. The Morgan fingerprint density at radius 1 is 1.25 bits per heavy atom.